The normalized spacial score (nSPS) is 27.6. The Morgan fingerprint density at radius 3 is 2.09 bits per heavy atom. The molecule has 2 unspecified atom stereocenters. The largest absolute Gasteiger partial charge is 0.490 e. The summed E-state index contributed by atoms with van der Waals surface area (Å²) in [6.45, 7) is 1.09. The molecule has 2 nitrogen and oxygen atoms in total. The van der Waals surface area contributed by atoms with E-state index in [0.29, 0.717) is 18.2 Å². The van der Waals surface area contributed by atoms with Gasteiger partial charge in [-0.25, -0.2) is 0 Å². The van der Waals surface area contributed by atoms with Gasteiger partial charge in [-0.3, -0.25) is 4.90 Å². The first-order valence-corrected chi connectivity index (χ1v) is 8.90. The molecule has 0 spiro atoms. The van der Waals surface area contributed by atoms with Gasteiger partial charge in [0.2, 0.25) is 0 Å². The molecule has 2 saturated heterocycles. The zero-order chi connectivity index (χ0) is 15.5. The lowest BCUT2D eigenvalue weighted by molar-refractivity contribution is -0.0221. The van der Waals surface area contributed by atoms with Crippen molar-refractivity contribution in [3.63, 3.8) is 0 Å². The van der Waals surface area contributed by atoms with Gasteiger partial charge in [0.05, 0.1) is 0 Å². The molecule has 2 aromatic carbocycles. The van der Waals surface area contributed by atoms with Crippen molar-refractivity contribution < 1.29 is 4.74 Å². The van der Waals surface area contributed by atoms with Crippen LogP contribution in [0.25, 0.3) is 0 Å². The molecule has 120 valence electrons. The standard InChI is InChI=1S/C21H25NO/c1-3-8-17(9-4-1)16-22-18-10-7-11-19(22)15-21(14-18)23-20-12-5-2-6-13-20/h1-6,8-9,12-13,18-19,21H,7,10-11,14-16H2. The van der Waals surface area contributed by atoms with Crippen molar-refractivity contribution in [2.24, 2.45) is 0 Å². The monoisotopic (exact) mass is 307 g/mol. The van der Waals surface area contributed by atoms with Crippen molar-refractivity contribution in [1.82, 2.24) is 4.90 Å². The van der Waals surface area contributed by atoms with Crippen molar-refractivity contribution in [2.75, 3.05) is 0 Å². The van der Waals surface area contributed by atoms with Crippen molar-refractivity contribution in [3.05, 3.63) is 66.2 Å². The van der Waals surface area contributed by atoms with E-state index in [1.165, 1.54) is 24.8 Å². The smallest absolute Gasteiger partial charge is 0.119 e. The first-order valence-electron chi connectivity index (χ1n) is 8.90. The molecule has 0 aromatic heterocycles. The van der Waals surface area contributed by atoms with Crippen LogP contribution in [0.5, 0.6) is 5.75 Å². The molecule has 4 rings (SSSR count). The minimum absolute atomic E-state index is 0.375. The van der Waals surface area contributed by atoms with Crippen LogP contribution >= 0.6 is 0 Å². The highest BCUT2D eigenvalue weighted by Crippen LogP contribution is 2.36. The van der Waals surface area contributed by atoms with Crippen molar-refractivity contribution in [2.45, 2.75) is 56.8 Å². The number of hydrogen-bond acceptors (Lipinski definition) is 2. The lowest BCUT2D eigenvalue weighted by atomic mass is 9.82. The van der Waals surface area contributed by atoms with Crippen LogP contribution in [0.3, 0.4) is 0 Å². The second kappa shape index (κ2) is 6.76. The van der Waals surface area contributed by atoms with Gasteiger partial charge in [-0.2, -0.15) is 0 Å². The van der Waals surface area contributed by atoms with Gasteiger partial charge >= 0.3 is 0 Å². The summed E-state index contributed by atoms with van der Waals surface area (Å²) in [5.74, 6) is 1.02. The number of fused-ring (bicyclic) bond motifs is 2. The number of benzene rings is 2. The molecule has 2 heteroatoms. The highest BCUT2D eigenvalue weighted by atomic mass is 16.5. The predicted octanol–water partition coefficient (Wildman–Crippen LogP) is 4.65. The highest BCUT2D eigenvalue weighted by Gasteiger charge is 2.38. The molecule has 2 heterocycles. The number of ether oxygens (including phenoxy) is 1. The number of para-hydroxylation sites is 1. The van der Waals surface area contributed by atoms with Gasteiger partial charge in [-0.1, -0.05) is 55.0 Å². The minimum atomic E-state index is 0.375. The molecular weight excluding hydrogens is 282 g/mol. The van der Waals surface area contributed by atoms with Crippen molar-refractivity contribution in [3.8, 4) is 5.75 Å². The number of rotatable bonds is 4. The summed E-state index contributed by atoms with van der Waals surface area (Å²) < 4.78 is 6.26. The number of hydrogen-bond donors (Lipinski definition) is 0. The van der Waals surface area contributed by atoms with E-state index in [1.807, 2.05) is 6.07 Å². The second-order valence-corrected chi connectivity index (χ2v) is 6.92. The Hall–Kier alpha value is -1.80. The Kier molecular flexibility index (Phi) is 4.34. The molecule has 0 radical (unpaired) electrons. The summed E-state index contributed by atoms with van der Waals surface area (Å²) in [7, 11) is 0. The third-order valence-corrected chi connectivity index (χ3v) is 5.34. The fourth-order valence-corrected chi connectivity index (χ4v) is 4.27. The minimum Gasteiger partial charge on any atom is -0.490 e. The van der Waals surface area contributed by atoms with Gasteiger partial charge in [0.15, 0.2) is 0 Å². The molecule has 0 saturated carbocycles. The number of piperidine rings is 2. The molecule has 2 aliphatic heterocycles. The van der Waals surface area contributed by atoms with Gasteiger partial charge in [-0.05, 0) is 43.4 Å². The van der Waals surface area contributed by atoms with E-state index in [2.05, 4.69) is 59.5 Å². The second-order valence-electron chi connectivity index (χ2n) is 6.92. The molecule has 2 fully saturated rings. The van der Waals surface area contributed by atoms with Gasteiger partial charge in [-0.15, -0.1) is 0 Å². The van der Waals surface area contributed by atoms with Gasteiger partial charge < -0.3 is 4.74 Å². The first kappa shape index (κ1) is 14.8. The summed E-state index contributed by atoms with van der Waals surface area (Å²) in [6.07, 6.45) is 6.71. The Bertz CT molecular complexity index is 598. The highest BCUT2D eigenvalue weighted by molar-refractivity contribution is 5.21. The molecule has 2 bridgehead atoms. The summed E-state index contributed by atoms with van der Waals surface area (Å²) in [5.41, 5.74) is 1.44. The SMILES string of the molecule is c1ccc(CN2C3CCCC2CC(Oc2ccccc2)C3)cc1. The average molecular weight is 307 g/mol. The zero-order valence-corrected chi connectivity index (χ0v) is 13.6. The molecular formula is C21H25NO. The maximum Gasteiger partial charge on any atom is 0.119 e. The summed E-state index contributed by atoms with van der Waals surface area (Å²) in [5, 5.41) is 0. The molecule has 23 heavy (non-hydrogen) atoms. The average Bonchev–Trinajstić information content (AvgIpc) is 2.57. The molecule has 0 amide bonds. The van der Waals surface area contributed by atoms with Crippen LogP contribution in [0.1, 0.15) is 37.7 Å². The van der Waals surface area contributed by atoms with Gasteiger partial charge in [0.25, 0.3) is 0 Å². The van der Waals surface area contributed by atoms with E-state index >= 15 is 0 Å². The van der Waals surface area contributed by atoms with Crippen LogP contribution in [0, 0.1) is 0 Å². The van der Waals surface area contributed by atoms with E-state index in [9.17, 15) is 0 Å². The summed E-state index contributed by atoms with van der Waals surface area (Å²) in [4.78, 5) is 2.74. The van der Waals surface area contributed by atoms with Crippen molar-refractivity contribution >= 4 is 0 Å². The third-order valence-electron chi connectivity index (χ3n) is 5.34. The first-order chi connectivity index (χ1) is 11.4. The maximum absolute atomic E-state index is 6.26. The lowest BCUT2D eigenvalue weighted by Gasteiger charge is -2.48. The quantitative estimate of drug-likeness (QED) is 0.815. The Labute approximate surface area is 139 Å². The lowest BCUT2D eigenvalue weighted by Crippen LogP contribution is -2.53. The fraction of sp³-hybridized carbons (Fsp3) is 0.429. The van der Waals surface area contributed by atoms with E-state index < -0.39 is 0 Å². The number of nitrogens with zero attached hydrogens (tertiary/aromatic N) is 1. The van der Waals surface area contributed by atoms with Crippen LogP contribution in [-0.2, 0) is 6.54 Å². The van der Waals surface area contributed by atoms with E-state index in [0.717, 1.165) is 25.1 Å². The van der Waals surface area contributed by atoms with Crippen LogP contribution < -0.4 is 4.74 Å². The fourth-order valence-electron chi connectivity index (χ4n) is 4.27. The molecule has 0 aliphatic carbocycles. The molecule has 2 atom stereocenters. The Balaban J connectivity index is 1.44. The third kappa shape index (κ3) is 3.42. The zero-order valence-electron chi connectivity index (χ0n) is 13.6. The summed E-state index contributed by atoms with van der Waals surface area (Å²) in [6, 6.07) is 22.6. The van der Waals surface area contributed by atoms with E-state index in [-0.39, 0.29) is 0 Å². The Morgan fingerprint density at radius 2 is 1.43 bits per heavy atom. The Morgan fingerprint density at radius 1 is 0.826 bits per heavy atom. The van der Waals surface area contributed by atoms with Crippen LogP contribution in [-0.4, -0.2) is 23.1 Å². The molecule has 2 aliphatic rings. The maximum atomic E-state index is 6.26. The topological polar surface area (TPSA) is 12.5 Å². The van der Waals surface area contributed by atoms with Gasteiger partial charge in [0, 0.05) is 18.6 Å². The molecule has 0 N–H and O–H groups in total. The van der Waals surface area contributed by atoms with E-state index in [4.69, 9.17) is 4.74 Å². The van der Waals surface area contributed by atoms with Crippen molar-refractivity contribution in [1.29, 1.82) is 0 Å². The van der Waals surface area contributed by atoms with E-state index in [1.54, 1.807) is 0 Å². The van der Waals surface area contributed by atoms with Crippen LogP contribution in [0.4, 0.5) is 0 Å². The van der Waals surface area contributed by atoms with Gasteiger partial charge in [0.1, 0.15) is 11.9 Å². The predicted molar refractivity (Wildman–Crippen MR) is 93.5 cm³/mol. The molecule has 2 aromatic rings. The summed E-state index contributed by atoms with van der Waals surface area (Å²) >= 11 is 0. The van der Waals surface area contributed by atoms with Crippen LogP contribution in [0.15, 0.2) is 60.7 Å². The van der Waals surface area contributed by atoms with Crippen LogP contribution in [0.2, 0.25) is 0 Å².